The molecule has 0 unspecified atom stereocenters. The quantitative estimate of drug-likeness (QED) is 0.367. The summed E-state index contributed by atoms with van der Waals surface area (Å²) >= 11 is 17.3. The number of rotatable bonds is 7. The molecule has 0 radical (unpaired) electrons. The first-order valence-electron chi connectivity index (χ1n) is 7.65. The van der Waals surface area contributed by atoms with Gasteiger partial charge in [0.1, 0.15) is 6.54 Å². The predicted molar refractivity (Wildman–Crippen MR) is 104 cm³/mol. The van der Waals surface area contributed by atoms with E-state index in [9.17, 15) is 24.5 Å². The lowest BCUT2D eigenvalue weighted by molar-refractivity contribution is -0.384. The van der Waals surface area contributed by atoms with Crippen molar-refractivity contribution < 1.29 is 24.0 Å². The number of benzene rings is 1. The minimum atomic E-state index is -0.916. The number of carbonyl (C=O) groups is 3. The Morgan fingerprint density at radius 1 is 1.10 bits per heavy atom. The molecule has 0 fully saturated rings. The van der Waals surface area contributed by atoms with E-state index in [1.807, 2.05) is 0 Å². The molecule has 0 saturated carbocycles. The minimum absolute atomic E-state index is 0.0157. The van der Waals surface area contributed by atoms with Crippen LogP contribution in [0.25, 0.3) is 0 Å². The molecule has 1 heterocycles. The molecule has 29 heavy (non-hydrogen) atoms. The zero-order valence-electron chi connectivity index (χ0n) is 14.3. The van der Waals surface area contributed by atoms with Crippen LogP contribution >= 0.6 is 34.8 Å². The van der Waals surface area contributed by atoms with Crippen molar-refractivity contribution in [1.82, 2.24) is 10.3 Å². The van der Waals surface area contributed by atoms with Gasteiger partial charge < -0.3 is 15.4 Å². The molecule has 13 heteroatoms. The van der Waals surface area contributed by atoms with Crippen molar-refractivity contribution in [2.24, 2.45) is 0 Å². The van der Waals surface area contributed by atoms with Crippen LogP contribution in [-0.4, -0.2) is 40.8 Å². The van der Waals surface area contributed by atoms with Crippen molar-refractivity contribution in [1.29, 1.82) is 0 Å². The molecule has 2 rings (SSSR count). The molecule has 152 valence electrons. The zero-order chi connectivity index (χ0) is 21.6. The monoisotopic (exact) mass is 460 g/mol. The van der Waals surface area contributed by atoms with Crippen molar-refractivity contribution >= 4 is 64.1 Å². The maximum Gasteiger partial charge on any atom is 0.325 e. The van der Waals surface area contributed by atoms with Gasteiger partial charge in [-0.15, -0.1) is 0 Å². The van der Waals surface area contributed by atoms with Gasteiger partial charge in [0, 0.05) is 28.9 Å². The first-order valence-corrected chi connectivity index (χ1v) is 8.79. The summed E-state index contributed by atoms with van der Waals surface area (Å²) < 4.78 is 4.71. The highest BCUT2D eigenvalue weighted by Gasteiger charge is 2.16. The van der Waals surface area contributed by atoms with E-state index in [1.165, 1.54) is 18.3 Å². The van der Waals surface area contributed by atoms with E-state index < -0.39 is 35.9 Å². The summed E-state index contributed by atoms with van der Waals surface area (Å²) in [5.41, 5.74) is -0.491. The van der Waals surface area contributed by atoms with Crippen molar-refractivity contribution in [3.05, 3.63) is 61.2 Å². The van der Waals surface area contributed by atoms with E-state index in [2.05, 4.69) is 15.6 Å². The van der Waals surface area contributed by atoms with Crippen LogP contribution in [0.1, 0.15) is 10.4 Å². The van der Waals surface area contributed by atoms with Crippen LogP contribution in [-0.2, 0) is 14.3 Å². The average Bonchev–Trinajstić information content (AvgIpc) is 2.66. The van der Waals surface area contributed by atoms with Crippen molar-refractivity contribution in [3.8, 4) is 0 Å². The van der Waals surface area contributed by atoms with Gasteiger partial charge in [-0.3, -0.25) is 24.5 Å². The first kappa shape index (κ1) is 22.3. The molecule has 0 aliphatic heterocycles. The average molecular weight is 462 g/mol. The number of pyridine rings is 1. The number of hydrogen-bond acceptors (Lipinski definition) is 7. The summed E-state index contributed by atoms with van der Waals surface area (Å²) in [5.74, 6) is -2.38. The van der Waals surface area contributed by atoms with Crippen molar-refractivity contribution in [2.75, 3.05) is 18.5 Å². The van der Waals surface area contributed by atoms with Gasteiger partial charge in [-0.2, -0.15) is 0 Å². The molecule has 2 aromatic rings. The van der Waals surface area contributed by atoms with Gasteiger partial charge in [0.05, 0.1) is 15.0 Å². The van der Waals surface area contributed by atoms with Gasteiger partial charge in [0.15, 0.2) is 12.4 Å². The number of ether oxygens (including phenoxy) is 1. The number of amides is 2. The Hall–Kier alpha value is -2.95. The van der Waals surface area contributed by atoms with E-state index >= 15 is 0 Å². The van der Waals surface area contributed by atoms with Crippen LogP contribution in [0.2, 0.25) is 15.1 Å². The molecule has 1 aromatic heterocycles. The Morgan fingerprint density at radius 2 is 1.83 bits per heavy atom. The van der Waals surface area contributed by atoms with Crippen LogP contribution in [0.5, 0.6) is 0 Å². The molecule has 0 aliphatic carbocycles. The van der Waals surface area contributed by atoms with Gasteiger partial charge in [-0.05, 0) is 12.1 Å². The van der Waals surface area contributed by atoms with Crippen molar-refractivity contribution in [2.45, 2.75) is 0 Å². The fourth-order valence-corrected chi connectivity index (χ4v) is 2.59. The smallest absolute Gasteiger partial charge is 0.325 e. The van der Waals surface area contributed by atoms with E-state index in [0.717, 1.165) is 12.1 Å². The molecule has 0 saturated heterocycles. The van der Waals surface area contributed by atoms with Gasteiger partial charge in [-0.1, -0.05) is 34.8 Å². The summed E-state index contributed by atoms with van der Waals surface area (Å²) in [6, 6.07) is 4.65. The SMILES string of the molecule is O=C(COC(=O)CNC(=O)c1cc(Cl)cc([N+](=O)[O-])c1)Nc1ncc(Cl)cc1Cl. The van der Waals surface area contributed by atoms with Crippen LogP contribution in [0.4, 0.5) is 11.5 Å². The molecule has 10 nitrogen and oxygen atoms in total. The third-order valence-electron chi connectivity index (χ3n) is 3.18. The molecule has 2 amide bonds. The maximum absolute atomic E-state index is 12.0. The normalized spacial score (nSPS) is 10.2. The van der Waals surface area contributed by atoms with Crippen molar-refractivity contribution in [3.63, 3.8) is 0 Å². The predicted octanol–water partition coefficient (Wildman–Crippen LogP) is 2.86. The highest BCUT2D eigenvalue weighted by Crippen LogP contribution is 2.22. The third-order valence-corrected chi connectivity index (χ3v) is 3.89. The molecule has 2 N–H and O–H groups in total. The summed E-state index contributed by atoms with van der Waals surface area (Å²) in [6.45, 7) is -1.23. The lowest BCUT2D eigenvalue weighted by Crippen LogP contribution is -2.32. The second-order valence-corrected chi connectivity index (χ2v) is 6.61. The van der Waals surface area contributed by atoms with Crippen LogP contribution in [0.15, 0.2) is 30.5 Å². The fourth-order valence-electron chi connectivity index (χ4n) is 1.94. The number of esters is 1. The second-order valence-electron chi connectivity index (χ2n) is 5.33. The minimum Gasteiger partial charge on any atom is -0.454 e. The van der Waals surface area contributed by atoms with Gasteiger partial charge >= 0.3 is 5.97 Å². The van der Waals surface area contributed by atoms with Crippen LogP contribution < -0.4 is 10.6 Å². The Balaban J connectivity index is 1.83. The number of non-ortho nitro benzene ring substituents is 1. The Kier molecular flexibility index (Phi) is 7.71. The van der Waals surface area contributed by atoms with E-state index in [4.69, 9.17) is 39.5 Å². The lowest BCUT2D eigenvalue weighted by atomic mass is 10.2. The summed E-state index contributed by atoms with van der Waals surface area (Å²) in [7, 11) is 0. The number of nitrogens with one attached hydrogen (secondary N) is 2. The lowest BCUT2D eigenvalue weighted by Gasteiger charge is -2.08. The first-order chi connectivity index (χ1) is 13.7. The fraction of sp³-hybridized carbons (Fsp3) is 0.125. The highest BCUT2D eigenvalue weighted by molar-refractivity contribution is 6.36. The van der Waals surface area contributed by atoms with E-state index in [-0.39, 0.29) is 32.1 Å². The topological polar surface area (TPSA) is 141 Å². The Morgan fingerprint density at radius 3 is 2.48 bits per heavy atom. The standard InChI is InChI=1S/C16H11Cl3N4O6/c17-9-1-8(2-11(3-9)23(27)28)16(26)21-6-14(25)29-7-13(24)22-15-12(19)4-10(18)5-20-15/h1-5H,6-7H2,(H,21,26)(H,20,22,24). The maximum atomic E-state index is 12.0. The van der Waals surface area contributed by atoms with E-state index in [0.29, 0.717) is 0 Å². The number of aromatic nitrogens is 1. The number of nitrogens with zero attached hydrogens (tertiary/aromatic N) is 2. The third kappa shape index (κ3) is 6.86. The van der Waals surface area contributed by atoms with Crippen LogP contribution in [0.3, 0.4) is 0 Å². The number of hydrogen-bond donors (Lipinski definition) is 2. The Bertz CT molecular complexity index is 985. The molecule has 0 atom stereocenters. The Labute approximate surface area is 178 Å². The number of anilines is 1. The molecule has 0 spiro atoms. The number of carbonyl (C=O) groups excluding carboxylic acids is 3. The van der Waals surface area contributed by atoms with Gasteiger partial charge in [0.2, 0.25) is 0 Å². The highest BCUT2D eigenvalue weighted by atomic mass is 35.5. The number of nitro benzene ring substituents is 1. The summed E-state index contributed by atoms with van der Waals surface area (Å²) in [5, 5.41) is 15.7. The molecule has 1 aromatic carbocycles. The largest absolute Gasteiger partial charge is 0.454 e. The van der Waals surface area contributed by atoms with Crippen LogP contribution in [0, 0.1) is 10.1 Å². The second kappa shape index (κ2) is 10.0. The zero-order valence-corrected chi connectivity index (χ0v) is 16.5. The number of halogens is 3. The molecule has 0 aliphatic rings. The summed E-state index contributed by atoms with van der Waals surface area (Å²) in [6.07, 6.45) is 1.27. The number of nitro groups is 1. The molecule has 0 bridgehead atoms. The summed E-state index contributed by atoms with van der Waals surface area (Å²) in [4.78, 5) is 49.4. The molecular weight excluding hydrogens is 451 g/mol. The van der Waals surface area contributed by atoms with E-state index in [1.54, 1.807) is 0 Å². The van der Waals surface area contributed by atoms with Gasteiger partial charge in [0.25, 0.3) is 17.5 Å². The molecular formula is C16H11Cl3N4O6. The van der Waals surface area contributed by atoms with Gasteiger partial charge in [-0.25, -0.2) is 4.98 Å².